The Morgan fingerprint density at radius 3 is 2.60 bits per heavy atom. The van der Waals surface area contributed by atoms with Gasteiger partial charge in [-0.2, -0.15) is 0 Å². The lowest BCUT2D eigenvalue weighted by molar-refractivity contribution is -0.389. The normalized spacial score (nSPS) is 20.1. The fourth-order valence-electron chi connectivity index (χ4n) is 2.67. The monoisotopic (exact) mass is 276 g/mol. The Morgan fingerprint density at radius 1 is 1.30 bits per heavy atom. The number of nitro groups is 1. The number of hydrogen-bond acceptors (Lipinski definition) is 5. The third-order valence-corrected chi connectivity index (χ3v) is 4.17. The zero-order chi connectivity index (χ0) is 13.9. The minimum absolute atomic E-state index is 0.0882. The number of rotatable bonds is 5. The summed E-state index contributed by atoms with van der Waals surface area (Å²) in [6.45, 7) is 3.15. The maximum absolute atomic E-state index is 10.6. The lowest BCUT2D eigenvalue weighted by Gasteiger charge is -2.33. The Morgan fingerprint density at radius 2 is 2.05 bits per heavy atom. The molecular formula is C14H20N4O2. The highest BCUT2D eigenvalue weighted by atomic mass is 16.6. The quantitative estimate of drug-likeness (QED) is 0.657. The van der Waals surface area contributed by atoms with Crippen LogP contribution in [0, 0.1) is 16.0 Å². The van der Waals surface area contributed by atoms with Gasteiger partial charge in [0.25, 0.3) is 0 Å². The molecule has 0 bridgehead atoms. The van der Waals surface area contributed by atoms with Gasteiger partial charge in [-0.25, -0.2) is 0 Å². The van der Waals surface area contributed by atoms with Gasteiger partial charge in [0.05, 0.1) is 5.69 Å². The molecular weight excluding hydrogens is 256 g/mol. The Labute approximate surface area is 118 Å². The zero-order valence-electron chi connectivity index (χ0n) is 11.5. The van der Waals surface area contributed by atoms with Crippen molar-refractivity contribution in [3.05, 3.63) is 28.4 Å². The summed E-state index contributed by atoms with van der Waals surface area (Å²) >= 11 is 0. The van der Waals surface area contributed by atoms with Gasteiger partial charge in [-0.15, -0.1) is 0 Å². The van der Waals surface area contributed by atoms with Crippen LogP contribution in [-0.2, 0) is 0 Å². The largest absolute Gasteiger partial charge is 0.368 e. The van der Waals surface area contributed by atoms with Crippen molar-refractivity contribution in [2.75, 3.05) is 24.5 Å². The van der Waals surface area contributed by atoms with Crippen molar-refractivity contribution < 1.29 is 4.92 Å². The van der Waals surface area contributed by atoms with Crippen LogP contribution in [0.2, 0.25) is 0 Å². The van der Waals surface area contributed by atoms with Gasteiger partial charge in [0.15, 0.2) is 6.20 Å². The van der Waals surface area contributed by atoms with Crippen molar-refractivity contribution >= 4 is 11.5 Å². The van der Waals surface area contributed by atoms with Crippen LogP contribution < -0.4 is 10.2 Å². The molecule has 1 saturated carbocycles. The molecule has 1 saturated heterocycles. The first-order valence-corrected chi connectivity index (χ1v) is 7.31. The second-order valence-corrected chi connectivity index (χ2v) is 5.74. The highest BCUT2D eigenvalue weighted by Gasteiger charge is 2.24. The van der Waals surface area contributed by atoms with Crippen LogP contribution >= 0.6 is 0 Å². The number of piperidine rings is 1. The molecule has 1 N–H and O–H groups in total. The summed E-state index contributed by atoms with van der Waals surface area (Å²) in [5.41, 5.74) is 0.983. The summed E-state index contributed by atoms with van der Waals surface area (Å²) in [5, 5.41) is 14.2. The molecule has 2 aliphatic rings. The number of aromatic nitrogens is 1. The van der Waals surface area contributed by atoms with E-state index in [1.54, 1.807) is 12.3 Å². The van der Waals surface area contributed by atoms with Crippen molar-refractivity contribution in [2.24, 2.45) is 5.92 Å². The summed E-state index contributed by atoms with van der Waals surface area (Å²) in [4.78, 5) is 16.3. The maximum atomic E-state index is 10.6. The van der Waals surface area contributed by atoms with Crippen LogP contribution in [-0.4, -0.2) is 35.6 Å². The van der Waals surface area contributed by atoms with Crippen molar-refractivity contribution in [1.29, 1.82) is 0 Å². The fraction of sp³-hybridized carbons (Fsp3) is 0.643. The van der Waals surface area contributed by atoms with E-state index in [1.165, 1.54) is 25.5 Å². The first-order valence-electron chi connectivity index (χ1n) is 7.31. The molecule has 20 heavy (non-hydrogen) atoms. The average Bonchev–Trinajstić information content (AvgIpc) is 3.30. The predicted octanol–water partition coefficient (Wildman–Crippen LogP) is 1.96. The Kier molecular flexibility index (Phi) is 3.82. The number of pyridine rings is 1. The first kappa shape index (κ1) is 13.3. The predicted molar refractivity (Wildman–Crippen MR) is 76.9 cm³/mol. The van der Waals surface area contributed by atoms with Crippen molar-refractivity contribution in [3.8, 4) is 0 Å². The molecule has 1 aliphatic heterocycles. The lowest BCUT2D eigenvalue weighted by atomic mass is 10.0. The molecule has 108 valence electrons. The van der Waals surface area contributed by atoms with Gasteiger partial charge in [-0.05, 0) is 54.1 Å². The van der Waals surface area contributed by atoms with E-state index in [9.17, 15) is 10.1 Å². The van der Waals surface area contributed by atoms with Gasteiger partial charge in [0, 0.05) is 25.2 Å². The molecule has 6 heteroatoms. The molecule has 0 unspecified atom stereocenters. The van der Waals surface area contributed by atoms with Crippen molar-refractivity contribution in [2.45, 2.75) is 31.7 Å². The maximum Gasteiger partial charge on any atom is 0.363 e. The standard InChI is InChI=1S/C14H20N4O2/c19-18(20)14-4-3-13(10-16-14)17-7-5-12(6-8-17)15-9-11-1-2-11/h3-4,10-12,15H,1-2,5-9H2. The Balaban J connectivity index is 1.50. The van der Waals surface area contributed by atoms with E-state index in [2.05, 4.69) is 15.2 Å². The summed E-state index contributed by atoms with van der Waals surface area (Å²) in [7, 11) is 0. The van der Waals surface area contributed by atoms with Gasteiger partial charge in [0.1, 0.15) is 0 Å². The van der Waals surface area contributed by atoms with E-state index in [-0.39, 0.29) is 5.82 Å². The van der Waals surface area contributed by atoms with Crippen LogP contribution in [0.4, 0.5) is 11.5 Å². The highest BCUT2D eigenvalue weighted by Crippen LogP contribution is 2.28. The first-order chi connectivity index (χ1) is 9.72. The van der Waals surface area contributed by atoms with Gasteiger partial charge >= 0.3 is 5.82 Å². The molecule has 1 aliphatic carbocycles. The number of nitrogens with zero attached hydrogens (tertiary/aromatic N) is 3. The minimum Gasteiger partial charge on any atom is -0.368 e. The van der Waals surface area contributed by atoms with Crippen LogP contribution in [0.5, 0.6) is 0 Å². The zero-order valence-corrected chi connectivity index (χ0v) is 11.5. The summed E-state index contributed by atoms with van der Waals surface area (Å²) in [6, 6.07) is 3.90. The Bertz CT molecular complexity index is 465. The van der Waals surface area contributed by atoms with Crippen molar-refractivity contribution in [1.82, 2.24) is 10.3 Å². The average molecular weight is 276 g/mol. The number of anilines is 1. The smallest absolute Gasteiger partial charge is 0.363 e. The summed E-state index contributed by atoms with van der Waals surface area (Å²) in [6.07, 6.45) is 6.64. The molecule has 0 atom stereocenters. The second kappa shape index (κ2) is 5.75. The van der Waals surface area contributed by atoms with Crippen LogP contribution in [0.1, 0.15) is 25.7 Å². The van der Waals surface area contributed by atoms with E-state index < -0.39 is 4.92 Å². The van der Waals surface area contributed by atoms with E-state index in [1.807, 2.05) is 0 Å². The molecule has 2 fully saturated rings. The summed E-state index contributed by atoms with van der Waals surface area (Å²) in [5.74, 6) is 0.835. The van der Waals surface area contributed by atoms with Gasteiger partial charge < -0.3 is 20.3 Å². The highest BCUT2D eigenvalue weighted by molar-refractivity contribution is 5.46. The van der Waals surface area contributed by atoms with Gasteiger partial charge in [-0.3, -0.25) is 0 Å². The second-order valence-electron chi connectivity index (χ2n) is 5.74. The molecule has 0 radical (unpaired) electrons. The van der Waals surface area contributed by atoms with Crippen LogP contribution in [0.25, 0.3) is 0 Å². The van der Waals surface area contributed by atoms with Gasteiger partial charge in [-0.1, -0.05) is 0 Å². The molecule has 0 amide bonds. The fourth-order valence-corrected chi connectivity index (χ4v) is 2.67. The molecule has 1 aromatic heterocycles. The number of nitrogens with one attached hydrogen (secondary N) is 1. The third kappa shape index (κ3) is 3.25. The van der Waals surface area contributed by atoms with E-state index in [4.69, 9.17) is 0 Å². The third-order valence-electron chi connectivity index (χ3n) is 4.17. The van der Waals surface area contributed by atoms with E-state index in [0.29, 0.717) is 6.04 Å². The minimum atomic E-state index is -0.461. The molecule has 0 aromatic carbocycles. The van der Waals surface area contributed by atoms with Crippen LogP contribution in [0.15, 0.2) is 18.3 Å². The molecule has 6 nitrogen and oxygen atoms in total. The SMILES string of the molecule is O=[N+]([O-])c1ccc(N2CCC(NCC3CC3)CC2)cn1. The topological polar surface area (TPSA) is 71.3 Å². The van der Waals surface area contributed by atoms with E-state index >= 15 is 0 Å². The molecule has 1 aromatic rings. The molecule has 3 rings (SSSR count). The lowest BCUT2D eigenvalue weighted by Crippen LogP contribution is -2.43. The van der Waals surface area contributed by atoms with Crippen molar-refractivity contribution in [3.63, 3.8) is 0 Å². The van der Waals surface area contributed by atoms with E-state index in [0.717, 1.165) is 37.5 Å². The Hall–Kier alpha value is -1.69. The molecule has 0 spiro atoms. The number of hydrogen-bond donors (Lipinski definition) is 1. The summed E-state index contributed by atoms with van der Waals surface area (Å²) < 4.78 is 0. The molecule has 2 heterocycles. The van der Waals surface area contributed by atoms with Crippen LogP contribution in [0.3, 0.4) is 0 Å². The van der Waals surface area contributed by atoms with Gasteiger partial charge in [0.2, 0.25) is 0 Å².